The van der Waals surface area contributed by atoms with Crippen molar-refractivity contribution in [3.05, 3.63) is 0 Å². The average Bonchev–Trinajstić information content (AvgIpc) is 3.82. The van der Waals surface area contributed by atoms with Crippen LogP contribution in [0.5, 0.6) is 0 Å². The highest BCUT2D eigenvalue weighted by molar-refractivity contribution is 5.67. The third-order valence-electron chi connectivity index (χ3n) is 18.1. The molecule has 2 spiro atoms. The molecule has 16 nitrogen and oxygen atoms in total. The molecule has 16 heteroatoms. The molecule has 16 unspecified atom stereocenters. The van der Waals surface area contributed by atoms with Crippen LogP contribution in [-0.2, 0) is 47.5 Å². The molecule has 4 saturated heterocycles. The van der Waals surface area contributed by atoms with Crippen molar-refractivity contribution in [2.24, 2.45) is 44.8 Å². The molecular formula is C45H72O16. The smallest absolute Gasteiger partial charge is 0.303 e. The molecule has 5 aliphatic carbocycles. The Bertz CT molecular complexity index is 1650. The Morgan fingerprint density at radius 3 is 2.15 bits per heavy atom. The van der Waals surface area contributed by atoms with Gasteiger partial charge in [0.25, 0.3) is 0 Å². The standard InChI is InChI=1S/C45H72O16/c1-21(47)56-33-25(50)19-55-38(36(33)57-22(2)48)60-29-12-13-45-20-44(45)15-14-42(7)23(10-11-30(54-9)41(5,6)53)24(49)17-43(42,8)28(44)16-26(37(45)40(29,3)4)58-39-35-32(52)34(61-35)31(51)27(18-46)59-39/h23-39,46,49-53H,10-20H2,1-9H3/t23?,24-,25?,26-,27?,28?,29-,30?,31?,32?,33?,34?,35?,36?,37?,38?,39?,42+,43-,44?,45?/m0/s1. The van der Waals surface area contributed by atoms with Crippen LogP contribution in [0.3, 0.4) is 0 Å². The summed E-state index contributed by atoms with van der Waals surface area (Å²) in [6.07, 6.45) is -6.04. The van der Waals surface area contributed by atoms with Gasteiger partial charge in [-0.25, -0.2) is 0 Å². The van der Waals surface area contributed by atoms with Gasteiger partial charge in [0.05, 0.1) is 43.2 Å². The van der Waals surface area contributed by atoms with Gasteiger partial charge in [-0.3, -0.25) is 9.59 Å². The Kier molecular flexibility index (Phi) is 11.9. The Morgan fingerprint density at radius 2 is 1.52 bits per heavy atom. The maximum absolute atomic E-state index is 12.4. The summed E-state index contributed by atoms with van der Waals surface area (Å²) in [6.45, 7) is 14.3. The van der Waals surface area contributed by atoms with Crippen molar-refractivity contribution in [2.75, 3.05) is 20.3 Å². The van der Waals surface area contributed by atoms with E-state index in [9.17, 15) is 40.2 Å². The summed E-state index contributed by atoms with van der Waals surface area (Å²) in [5, 5.41) is 66.1. The first kappa shape index (κ1) is 46.0. The second-order valence-electron chi connectivity index (χ2n) is 21.8. The number of aliphatic hydroxyl groups is 6. The molecule has 0 amide bonds. The van der Waals surface area contributed by atoms with E-state index in [4.69, 9.17) is 37.9 Å². The minimum Gasteiger partial charge on any atom is -0.455 e. The molecule has 0 aromatic heterocycles. The summed E-state index contributed by atoms with van der Waals surface area (Å²) in [5.74, 6) is -1.29. The molecule has 61 heavy (non-hydrogen) atoms. The minimum atomic E-state index is -1.25. The Balaban J connectivity index is 1.13. The highest BCUT2D eigenvalue weighted by atomic mass is 16.7. The molecule has 4 aliphatic heterocycles. The zero-order valence-corrected chi connectivity index (χ0v) is 37.4. The first-order valence-corrected chi connectivity index (χ1v) is 22.7. The molecule has 0 radical (unpaired) electrons. The van der Waals surface area contributed by atoms with Crippen LogP contribution in [0.2, 0.25) is 0 Å². The van der Waals surface area contributed by atoms with E-state index in [1.165, 1.54) is 13.8 Å². The highest BCUT2D eigenvalue weighted by Crippen LogP contribution is 2.89. The van der Waals surface area contributed by atoms with Gasteiger partial charge >= 0.3 is 11.9 Å². The van der Waals surface area contributed by atoms with E-state index in [2.05, 4.69) is 27.7 Å². The van der Waals surface area contributed by atoms with Gasteiger partial charge in [0.1, 0.15) is 36.6 Å². The van der Waals surface area contributed by atoms with Gasteiger partial charge < -0.3 is 68.5 Å². The van der Waals surface area contributed by atoms with Crippen molar-refractivity contribution >= 4 is 11.9 Å². The van der Waals surface area contributed by atoms with Gasteiger partial charge in [-0.15, -0.1) is 0 Å². The third kappa shape index (κ3) is 7.06. The number of methoxy groups -OCH3 is 1. The van der Waals surface area contributed by atoms with E-state index in [-0.39, 0.29) is 52.1 Å². The molecule has 2 bridgehead atoms. The van der Waals surface area contributed by atoms with E-state index in [0.717, 1.165) is 25.7 Å². The number of aliphatic hydroxyl groups excluding tert-OH is 5. The normalized spacial score (nSPS) is 51.3. The van der Waals surface area contributed by atoms with Crippen LogP contribution in [0.25, 0.3) is 0 Å². The molecule has 348 valence electrons. The number of ether oxygens (including phenoxy) is 8. The van der Waals surface area contributed by atoms with Crippen molar-refractivity contribution in [1.29, 1.82) is 0 Å². The number of rotatable bonds is 12. The van der Waals surface area contributed by atoms with E-state index >= 15 is 0 Å². The lowest BCUT2D eigenvalue weighted by molar-refractivity contribution is -0.332. The predicted octanol–water partition coefficient (Wildman–Crippen LogP) is 2.13. The maximum Gasteiger partial charge on any atom is 0.303 e. The fourth-order valence-corrected chi connectivity index (χ4v) is 15.1. The number of hydrogen-bond acceptors (Lipinski definition) is 16. The number of fused-ring (bicyclic) bond motifs is 5. The Hall–Kier alpha value is -1.54. The number of carbonyl (C=O) groups is 2. The lowest BCUT2D eigenvalue weighted by atomic mass is 9.41. The molecule has 9 rings (SSSR count). The molecule has 21 atom stereocenters. The SMILES string of the molecule is COC(CCC1[C@@H](O)C[C@@]2(C)C3C[C@H](OC4OC(CO)C(O)C5OC4C5O)C4C(C)(C)[C@@H](OC5OCC(O)C(OC(C)=O)C5OC(C)=O)CCC45CC35CC[C@]12C)C(C)(C)O. The van der Waals surface area contributed by atoms with Crippen LogP contribution in [0.15, 0.2) is 0 Å². The van der Waals surface area contributed by atoms with Crippen LogP contribution in [-0.4, -0.2) is 154 Å². The fourth-order valence-electron chi connectivity index (χ4n) is 15.1. The van der Waals surface area contributed by atoms with E-state index < -0.39 is 109 Å². The van der Waals surface area contributed by atoms with Crippen molar-refractivity contribution < 1.29 is 78.1 Å². The Labute approximate surface area is 359 Å². The zero-order valence-electron chi connectivity index (χ0n) is 37.4. The van der Waals surface area contributed by atoms with Gasteiger partial charge in [0.2, 0.25) is 0 Å². The molecular weight excluding hydrogens is 796 g/mol. The summed E-state index contributed by atoms with van der Waals surface area (Å²) in [5.41, 5.74) is -2.41. The van der Waals surface area contributed by atoms with E-state index in [1.54, 1.807) is 21.0 Å². The monoisotopic (exact) mass is 868 g/mol. The first-order chi connectivity index (χ1) is 28.5. The largest absolute Gasteiger partial charge is 0.455 e. The number of hydrogen-bond donors (Lipinski definition) is 6. The van der Waals surface area contributed by atoms with Gasteiger partial charge in [-0.1, -0.05) is 27.7 Å². The first-order valence-electron chi connectivity index (χ1n) is 22.7. The third-order valence-corrected chi connectivity index (χ3v) is 18.1. The summed E-state index contributed by atoms with van der Waals surface area (Å²) < 4.78 is 49.2. The van der Waals surface area contributed by atoms with E-state index in [0.29, 0.717) is 32.1 Å². The van der Waals surface area contributed by atoms with E-state index in [1.807, 2.05) is 0 Å². The molecule has 9 fully saturated rings. The van der Waals surface area contributed by atoms with Crippen LogP contribution < -0.4 is 0 Å². The summed E-state index contributed by atoms with van der Waals surface area (Å²) in [6, 6.07) is 0. The minimum absolute atomic E-state index is 0.00958. The quantitative estimate of drug-likeness (QED) is 0.122. The molecule has 6 N–H and O–H groups in total. The van der Waals surface area contributed by atoms with Crippen LogP contribution in [0, 0.1) is 44.8 Å². The van der Waals surface area contributed by atoms with Gasteiger partial charge in [0, 0.05) is 21.0 Å². The second-order valence-corrected chi connectivity index (χ2v) is 21.8. The van der Waals surface area contributed by atoms with Crippen LogP contribution in [0.1, 0.15) is 113 Å². The number of esters is 2. The summed E-state index contributed by atoms with van der Waals surface area (Å²) >= 11 is 0. The van der Waals surface area contributed by atoms with Crippen molar-refractivity contribution in [2.45, 2.75) is 205 Å². The second kappa shape index (κ2) is 15.8. The van der Waals surface area contributed by atoms with Gasteiger partial charge in [-0.05, 0) is 116 Å². The molecule has 9 aliphatic rings. The molecule has 4 heterocycles. The molecule has 5 saturated carbocycles. The van der Waals surface area contributed by atoms with Crippen molar-refractivity contribution in [1.82, 2.24) is 0 Å². The van der Waals surface area contributed by atoms with Gasteiger partial charge in [-0.2, -0.15) is 0 Å². The van der Waals surface area contributed by atoms with Crippen LogP contribution >= 0.6 is 0 Å². The lowest BCUT2D eigenvalue weighted by Crippen LogP contribution is -2.65. The predicted molar refractivity (Wildman–Crippen MR) is 213 cm³/mol. The highest BCUT2D eigenvalue weighted by Gasteiger charge is 2.84. The van der Waals surface area contributed by atoms with Crippen LogP contribution in [0.4, 0.5) is 0 Å². The molecule has 0 aromatic carbocycles. The van der Waals surface area contributed by atoms with Crippen molar-refractivity contribution in [3.8, 4) is 0 Å². The lowest BCUT2D eigenvalue weighted by Gasteiger charge is -2.65. The van der Waals surface area contributed by atoms with Gasteiger partial charge in [0.15, 0.2) is 24.8 Å². The average molecular weight is 869 g/mol. The topological polar surface area (TPSA) is 229 Å². The summed E-state index contributed by atoms with van der Waals surface area (Å²) in [7, 11) is 1.62. The zero-order chi connectivity index (χ0) is 44.4. The van der Waals surface area contributed by atoms with Crippen molar-refractivity contribution in [3.63, 3.8) is 0 Å². The maximum atomic E-state index is 12.4. The number of carbonyl (C=O) groups excluding carboxylic acids is 2. The Morgan fingerprint density at radius 1 is 0.836 bits per heavy atom. The fraction of sp³-hybridized carbons (Fsp3) is 0.956. The summed E-state index contributed by atoms with van der Waals surface area (Å²) in [4.78, 5) is 24.5. The molecule has 0 aromatic rings.